The Morgan fingerprint density at radius 3 is 2.27 bits per heavy atom. The minimum Gasteiger partial charge on any atom is -0.201 e. The lowest BCUT2D eigenvalue weighted by molar-refractivity contribution is -0.660. The quantitative estimate of drug-likeness (QED) is 0.663. The first-order valence-electron chi connectivity index (χ1n) is 10.2. The summed E-state index contributed by atoms with van der Waals surface area (Å²) in [4.78, 5) is 0. The molecule has 0 bridgehead atoms. The fraction of sp³-hybridized carbons (Fsp3) is 0.476. The average molecular weight is 301 g/mol. The Hall–Kier alpha value is -1.63. The van der Waals surface area contributed by atoms with Crippen LogP contribution < -0.4 is 4.57 Å². The molecule has 2 rings (SSSR count). The molecule has 0 aliphatic rings. The van der Waals surface area contributed by atoms with Crippen molar-refractivity contribution < 1.29 is 10.1 Å². The van der Waals surface area contributed by atoms with Crippen LogP contribution in [0.5, 0.6) is 0 Å². The highest BCUT2D eigenvalue weighted by Crippen LogP contribution is 2.38. The molecular formula is C21H30N+. The van der Waals surface area contributed by atoms with Gasteiger partial charge in [-0.2, -0.15) is 0 Å². The summed E-state index contributed by atoms with van der Waals surface area (Å²) < 4.78 is 34.6. The maximum atomic E-state index is 8.66. The lowest BCUT2D eigenvalue weighted by atomic mass is 9.72. The standard InChI is InChI=1S/C21H30N/c1-7-21(8-2,9-3)19-14-20(22(6)15-17(19)5)18-13-11-10-12-16(18)4/h10-15H,7-9H2,1-6H3/q+1/i5D3,15D. The van der Waals surface area contributed by atoms with Crippen LogP contribution >= 0.6 is 0 Å². The maximum Gasteiger partial charge on any atom is 0.212 e. The molecule has 118 valence electrons. The summed E-state index contributed by atoms with van der Waals surface area (Å²) >= 11 is 0. The third kappa shape index (κ3) is 2.82. The second-order valence-electron chi connectivity index (χ2n) is 6.14. The Kier molecular flexibility index (Phi) is 3.59. The summed E-state index contributed by atoms with van der Waals surface area (Å²) in [5, 5.41) is 0. The van der Waals surface area contributed by atoms with Gasteiger partial charge >= 0.3 is 0 Å². The topological polar surface area (TPSA) is 3.88 Å². The van der Waals surface area contributed by atoms with E-state index in [0.29, 0.717) is 0 Å². The molecule has 0 radical (unpaired) electrons. The highest BCUT2D eigenvalue weighted by Gasteiger charge is 2.30. The normalized spacial score (nSPS) is 15.0. The fourth-order valence-corrected chi connectivity index (χ4v) is 3.45. The average Bonchev–Trinajstić information content (AvgIpc) is 2.59. The first-order valence-corrected chi connectivity index (χ1v) is 8.23. The highest BCUT2D eigenvalue weighted by molar-refractivity contribution is 5.62. The number of nitrogens with zero attached hydrogens (tertiary/aromatic N) is 1. The number of hydrogen-bond donors (Lipinski definition) is 0. The molecule has 0 spiro atoms. The van der Waals surface area contributed by atoms with Crippen LogP contribution in [0.25, 0.3) is 11.3 Å². The summed E-state index contributed by atoms with van der Waals surface area (Å²) in [5.41, 5.74) is 3.83. The van der Waals surface area contributed by atoms with Crippen molar-refractivity contribution in [3.8, 4) is 11.3 Å². The van der Waals surface area contributed by atoms with Crippen molar-refractivity contribution in [1.82, 2.24) is 0 Å². The molecule has 0 fully saturated rings. The monoisotopic (exact) mass is 300 g/mol. The molecule has 1 aromatic carbocycles. The third-order valence-electron chi connectivity index (χ3n) is 5.21. The minimum atomic E-state index is -2.31. The number of benzene rings is 1. The lowest BCUT2D eigenvalue weighted by Crippen LogP contribution is -2.34. The molecule has 0 saturated carbocycles. The van der Waals surface area contributed by atoms with Crippen LogP contribution in [-0.2, 0) is 12.5 Å². The molecule has 1 aromatic heterocycles. The Balaban J connectivity index is 2.95. The molecule has 1 heterocycles. The zero-order valence-electron chi connectivity index (χ0n) is 18.5. The summed E-state index contributed by atoms with van der Waals surface area (Å²) in [5.74, 6) is 0. The van der Waals surface area contributed by atoms with E-state index >= 15 is 0 Å². The van der Waals surface area contributed by atoms with Crippen LogP contribution in [0.3, 0.4) is 0 Å². The minimum absolute atomic E-state index is 0.0838. The Bertz CT molecular complexity index is 781. The highest BCUT2D eigenvalue weighted by atomic mass is 14.9. The molecule has 0 atom stereocenters. The first kappa shape index (κ1) is 11.9. The third-order valence-corrected chi connectivity index (χ3v) is 5.21. The molecule has 0 aliphatic heterocycles. The number of hydrogen-bond acceptors (Lipinski definition) is 0. The summed E-state index contributed by atoms with van der Waals surface area (Å²) in [6.45, 7) is 6.07. The van der Waals surface area contributed by atoms with E-state index in [9.17, 15) is 0 Å². The van der Waals surface area contributed by atoms with Gasteiger partial charge in [0.25, 0.3) is 0 Å². The second kappa shape index (κ2) is 6.64. The van der Waals surface area contributed by atoms with E-state index in [1.54, 1.807) is 11.6 Å². The zero-order chi connectivity index (χ0) is 19.7. The van der Waals surface area contributed by atoms with Gasteiger partial charge in [-0.1, -0.05) is 39.0 Å². The molecular weight excluding hydrogens is 266 g/mol. The Labute approximate surface area is 141 Å². The van der Waals surface area contributed by atoms with Crippen molar-refractivity contribution in [2.45, 2.75) is 59.2 Å². The zero-order valence-corrected chi connectivity index (χ0v) is 14.5. The van der Waals surface area contributed by atoms with E-state index in [-0.39, 0.29) is 17.2 Å². The van der Waals surface area contributed by atoms with Crippen molar-refractivity contribution in [1.29, 1.82) is 0 Å². The van der Waals surface area contributed by atoms with Gasteiger partial charge in [0.05, 0.1) is 0 Å². The van der Waals surface area contributed by atoms with E-state index in [0.717, 1.165) is 41.6 Å². The van der Waals surface area contributed by atoms with Crippen molar-refractivity contribution in [3.05, 3.63) is 53.2 Å². The van der Waals surface area contributed by atoms with Gasteiger partial charge in [-0.3, -0.25) is 0 Å². The van der Waals surface area contributed by atoms with Crippen LogP contribution in [0.4, 0.5) is 0 Å². The van der Waals surface area contributed by atoms with Crippen LogP contribution in [-0.4, -0.2) is 0 Å². The molecule has 2 aromatic rings. The molecule has 1 nitrogen and oxygen atoms in total. The van der Waals surface area contributed by atoms with Crippen LogP contribution in [0.1, 0.15) is 62.2 Å². The van der Waals surface area contributed by atoms with E-state index in [2.05, 4.69) is 20.8 Å². The van der Waals surface area contributed by atoms with E-state index in [1.165, 1.54) is 0 Å². The summed E-state index contributed by atoms with van der Waals surface area (Å²) in [7, 11) is 1.79. The van der Waals surface area contributed by atoms with Gasteiger partial charge in [0, 0.05) is 21.3 Å². The lowest BCUT2D eigenvalue weighted by Gasteiger charge is -2.32. The molecule has 0 amide bonds. The predicted octanol–water partition coefficient (Wildman–Crippen LogP) is 5.26. The van der Waals surface area contributed by atoms with Gasteiger partial charge in [0.1, 0.15) is 8.42 Å². The van der Waals surface area contributed by atoms with Crippen molar-refractivity contribution >= 4 is 0 Å². The van der Waals surface area contributed by atoms with Crippen molar-refractivity contribution in [3.63, 3.8) is 0 Å². The van der Waals surface area contributed by atoms with Gasteiger partial charge in [0.2, 0.25) is 5.69 Å². The fourth-order valence-electron chi connectivity index (χ4n) is 3.45. The number of pyridine rings is 1. The largest absolute Gasteiger partial charge is 0.212 e. The Morgan fingerprint density at radius 2 is 1.73 bits per heavy atom. The smallest absolute Gasteiger partial charge is 0.201 e. The van der Waals surface area contributed by atoms with Crippen molar-refractivity contribution in [2.24, 2.45) is 7.05 Å². The second-order valence-corrected chi connectivity index (χ2v) is 6.14. The predicted molar refractivity (Wildman–Crippen MR) is 95.1 cm³/mol. The van der Waals surface area contributed by atoms with Crippen LogP contribution in [0.15, 0.2) is 36.5 Å². The summed E-state index contributed by atoms with van der Waals surface area (Å²) in [6, 6.07) is 10.1. The Morgan fingerprint density at radius 1 is 1.09 bits per heavy atom. The number of aryl methyl sites for hydroxylation is 1. The number of rotatable bonds is 5. The maximum absolute atomic E-state index is 8.66. The first-order chi connectivity index (χ1) is 12.1. The van der Waals surface area contributed by atoms with Crippen LogP contribution in [0.2, 0.25) is 0 Å². The van der Waals surface area contributed by atoms with Gasteiger partial charge in [0.15, 0.2) is 6.17 Å². The molecule has 0 saturated heterocycles. The van der Waals surface area contributed by atoms with Crippen molar-refractivity contribution in [2.75, 3.05) is 0 Å². The molecule has 0 aliphatic carbocycles. The molecule has 1 heteroatoms. The van der Waals surface area contributed by atoms with Gasteiger partial charge < -0.3 is 0 Å². The van der Waals surface area contributed by atoms with Crippen LogP contribution in [0, 0.1) is 13.8 Å². The van der Waals surface area contributed by atoms with E-state index in [1.807, 2.05) is 37.3 Å². The van der Waals surface area contributed by atoms with E-state index < -0.39 is 6.85 Å². The van der Waals surface area contributed by atoms with Gasteiger partial charge in [-0.15, -0.1) is 0 Å². The van der Waals surface area contributed by atoms with Gasteiger partial charge in [-0.05, 0) is 55.6 Å². The van der Waals surface area contributed by atoms with Gasteiger partial charge in [-0.25, -0.2) is 4.57 Å². The SMILES string of the molecule is [2H]c1c(C([2H])([2H])[2H])c(C(CC)(CC)CC)cc(-c2ccccc2C)[n+]1C. The molecule has 0 unspecified atom stereocenters. The molecule has 22 heavy (non-hydrogen) atoms. The number of aromatic nitrogens is 1. The molecule has 0 N–H and O–H groups in total. The summed E-state index contributed by atoms with van der Waals surface area (Å²) in [6.07, 6.45) is 2.64. The van der Waals surface area contributed by atoms with E-state index in [4.69, 9.17) is 5.48 Å².